The van der Waals surface area contributed by atoms with Crippen LogP contribution in [0.15, 0.2) is 0 Å². The summed E-state index contributed by atoms with van der Waals surface area (Å²) in [5, 5.41) is 3.78. The van der Waals surface area contributed by atoms with Crippen molar-refractivity contribution in [2.75, 3.05) is 11.5 Å². The first-order chi connectivity index (χ1) is 5.95. The van der Waals surface area contributed by atoms with E-state index in [2.05, 4.69) is 17.1 Å². The molecule has 1 aliphatic heterocycles. The molecule has 1 unspecified atom stereocenters. The van der Waals surface area contributed by atoms with Crippen LogP contribution in [0.4, 0.5) is 0 Å². The number of thioether (sulfide) groups is 1. The molecule has 2 rings (SSSR count). The van der Waals surface area contributed by atoms with Gasteiger partial charge in [-0.15, -0.1) is 0 Å². The average molecular weight is 185 g/mol. The van der Waals surface area contributed by atoms with E-state index in [4.69, 9.17) is 0 Å². The minimum absolute atomic E-state index is 0.852. The lowest BCUT2D eigenvalue weighted by molar-refractivity contribution is 0.293. The molecule has 12 heavy (non-hydrogen) atoms. The van der Waals surface area contributed by atoms with E-state index in [1.165, 1.54) is 50.0 Å². The van der Waals surface area contributed by atoms with Gasteiger partial charge in [0.15, 0.2) is 0 Å². The van der Waals surface area contributed by atoms with E-state index in [1.807, 2.05) is 0 Å². The summed E-state index contributed by atoms with van der Waals surface area (Å²) in [5.74, 6) is 2.77. The number of nitrogens with one attached hydrogen (secondary N) is 1. The van der Waals surface area contributed by atoms with E-state index < -0.39 is 0 Å². The summed E-state index contributed by atoms with van der Waals surface area (Å²) in [6.45, 7) is 0. The fourth-order valence-corrected chi connectivity index (χ4v) is 3.00. The number of hydrogen-bond donors (Lipinski definition) is 1. The summed E-state index contributed by atoms with van der Waals surface area (Å²) < 4.78 is 0. The zero-order valence-electron chi connectivity index (χ0n) is 7.72. The highest BCUT2D eigenvalue weighted by atomic mass is 32.2. The van der Waals surface area contributed by atoms with Crippen molar-refractivity contribution in [3.05, 3.63) is 0 Å². The van der Waals surface area contributed by atoms with Crippen molar-refractivity contribution in [1.82, 2.24) is 5.32 Å². The Labute approximate surface area is 79.7 Å². The van der Waals surface area contributed by atoms with Gasteiger partial charge in [-0.05, 0) is 43.6 Å². The van der Waals surface area contributed by atoms with E-state index in [0.717, 1.165) is 12.1 Å². The maximum Gasteiger partial charge on any atom is 0.00778 e. The summed E-state index contributed by atoms with van der Waals surface area (Å²) in [6.07, 6.45) is 8.58. The molecule has 1 aliphatic carbocycles. The summed E-state index contributed by atoms with van der Waals surface area (Å²) >= 11 is 2.13. The van der Waals surface area contributed by atoms with E-state index in [0.29, 0.717) is 0 Å². The number of rotatable bonds is 2. The molecule has 0 radical (unpaired) electrons. The van der Waals surface area contributed by atoms with E-state index in [9.17, 15) is 0 Å². The van der Waals surface area contributed by atoms with Crippen molar-refractivity contribution < 1.29 is 0 Å². The molecule has 0 bridgehead atoms. The molecule has 2 fully saturated rings. The standard InChI is InChI=1S/C10H19NS/c1-3-9(4-1)11-10-5-2-7-12-8-6-10/h9-11H,1-8H2. The van der Waals surface area contributed by atoms with Gasteiger partial charge in [-0.2, -0.15) is 11.8 Å². The SMILES string of the molecule is C1CC(NC2CCCSCC2)C1. The molecule has 1 atom stereocenters. The molecule has 0 aromatic carbocycles. The Hall–Kier alpha value is 0.310. The van der Waals surface area contributed by atoms with Crippen molar-refractivity contribution >= 4 is 11.8 Å². The molecule has 70 valence electrons. The summed E-state index contributed by atoms with van der Waals surface area (Å²) in [4.78, 5) is 0. The largest absolute Gasteiger partial charge is 0.311 e. The smallest absolute Gasteiger partial charge is 0.00778 e. The van der Waals surface area contributed by atoms with Crippen molar-refractivity contribution in [3.63, 3.8) is 0 Å². The topological polar surface area (TPSA) is 12.0 Å². The average Bonchev–Trinajstić information content (AvgIpc) is 2.24. The van der Waals surface area contributed by atoms with Crippen LogP contribution < -0.4 is 5.32 Å². The molecule has 0 spiro atoms. The molecule has 1 saturated carbocycles. The summed E-state index contributed by atoms with van der Waals surface area (Å²) in [7, 11) is 0. The Balaban J connectivity index is 1.69. The second kappa shape index (κ2) is 4.52. The lowest BCUT2D eigenvalue weighted by Gasteiger charge is -2.31. The summed E-state index contributed by atoms with van der Waals surface area (Å²) in [6, 6.07) is 1.74. The highest BCUT2D eigenvalue weighted by Crippen LogP contribution is 2.22. The molecule has 1 nitrogen and oxygen atoms in total. The van der Waals surface area contributed by atoms with Gasteiger partial charge in [0.25, 0.3) is 0 Å². The highest BCUT2D eigenvalue weighted by Gasteiger charge is 2.21. The Morgan fingerprint density at radius 3 is 2.33 bits per heavy atom. The maximum absolute atomic E-state index is 3.78. The molecule has 2 heteroatoms. The minimum Gasteiger partial charge on any atom is -0.311 e. The molecular weight excluding hydrogens is 166 g/mol. The third kappa shape index (κ3) is 2.40. The van der Waals surface area contributed by atoms with Crippen molar-refractivity contribution in [2.45, 2.75) is 50.6 Å². The normalized spacial score (nSPS) is 32.5. The molecule has 0 aromatic rings. The lowest BCUT2D eigenvalue weighted by Crippen LogP contribution is -2.42. The third-order valence-corrected chi connectivity index (χ3v) is 4.13. The second-order valence-corrected chi connectivity index (χ2v) is 5.26. The van der Waals surface area contributed by atoms with E-state index in [-0.39, 0.29) is 0 Å². The second-order valence-electron chi connectivity index (χ2n) is 4.03. The Morgan fingerprint density at radius 1 is 0.833 bits per heavy atom. The van der Waals surface area contributed by atoms with Gasteiger partial charge in [-0.3, -0.25) is 0 Å². The zero-order valence-corrected chi connectivity index (χ0v) is 8.54. The maximum atomic E-state index is 3.78. The van der Waals surface area contributed by atoms with E-state index >= 15 is 0 Å². The van der Waals surface area contributed by atoms with Gasteiger partial charge in [0, 0.05) is 12.1 Å². The lowest BCUT2D eigenvalue weighted by atomic mass is 9.91. The fraction of sp³-hybridized carbons (Fsp3) is 1.00. The monoisotopic (exact) mass is 185 g/mol. The zero-order chi connectivity index (χ0) is 8.23. The van der Waals surface area contributed by atoms with Crippen LogP contribution >= 0.6 is 11.8 Å². The van der Waals surface area contributed by atoms with Crippen LogP contribution in [-0.2, 0) is 0 Å². The Kier molecular flexibility index (Phi) is 3.35. The van der Waals surface area contributed by atoms with Crippen LogP contribution in [0.25, 0.3) is 0 Å². The van der Waals surface area contributed by atoms with Gasteiger partial charge in [0.1, 0.15) is 0 Å². The van der Waals surface area contributed by atoms with Gasteiger partial charge in [0.2, 0.25) is 0 Å². The van der Waals surface area contributed by atoms with Gasteiger partial charge in [-0.25, -0.2) is 0 Å². The molecule has 0 amide bonds. The minimum atomic E-state index is 0.852. The molecule has 1 N–H and O–H groups in total. The molecule has 0 aromatic heterocycles. The number of hydrogen-bond acceptors (Lipinski definition) is 2. The van der Waals surface area contributed by atoms with Crippen LogP contribution in [0.2, 0.25) is 0 Å². The van der Waals surface area contributed by atoms with Crippen LogP contribution in [0.3, 0.4) is 0 Å². The molecule has 2 aliphatic rings. The first-order valence-electron chi connectivity index (χ1n) is 5.29. The first kappa shape index (κ1) is 8.89. The highest BCUT2D eigenvalue weighted by molar-refractivity contribution is 7.99. The third-order valence-electron chi connectivity index (χ3n) is 3.03. The van der Waals surface area contributed by atoms with Crippen molar-refractivity contribution in [2.24, 2.45) is 0 Å². The Morgan fingerprint density at radius 2 is 1.58 bits per heavy atom. The quantitative estimate of drug-likeness (QED) is 0.709. The predicted octanol–water partition coefficient (Wildman–Crippen LogP) is 2.41. The van der Waals surface area contributed by atoms with Crippen LogP contribution in [0.1, 0.15) is 38.5 Å². The summed E-state index contributed by atoms with van der Waals surface area (Å²) in [5.41, 5.74) is 0. The molecule has 1 heterocycles. The molecule has 1 saturated heterocycles. The van der Waals surface area contributed by atoms with Crippen molar-refractivity contribution in [3.8, 4) is 0 Å². The van der Waals surface area contributed by atoms with Crippen LogP contribution in [0.5, 0.6) is 0 Å². The van der Waals surface area contributed by atoms with Gasteiger partial charge in [-0.1, -0.05) is 6.42 Å². The predicted molar refractivity (Wildman–Crippen MR) is 55.7 cm³/mol. The van der Waals surface area contributed by atoms with Gasteiger partial charge in [0.05, 0.1) is 0 Å². The van der Waals surface area contributed by atoms with Crippen LogP contribution in [0, 0.1) is 0 Å². The van der Waals surface area contributed by atoms with E-state index in [1.54, 1.807) is 0 Å². The fourth-order valence-electron chi connectivity index (χ4n) is 1.98. The van der Waals surface area contributed by atoms with Crippen LogP contribution in [-0.4, -0.2) is 23.6 Å². The Bertz CT molecular complexity index is 126. The van der Waals surface area contributed by atoms with Crippen molar-refractivity contribution in [1.29, 1.82) is 0 Å². The van der Waals surface area contributed by atoms with Gasteiger partial charge < -0.3 is 5.32 Å². The molecular formula is C10H19NS. The van der Waals surface area contributed by atoms with Gasteiger partial charge >= 0.3 is 0 Å². The first-order valence-corrected chi connectivity index (χ1v) is 6.44.